The number of carbonyl (C=O) groups is 2. The second-order valence-electron chi connectivity index (χ2n) is 7.22. The average molecular weight is 414 g/mol. The highest BCUT2D eigenvalue weighted by Crippen LogP contribution is 2.31. The summed E-state index contributed by atoms with van der Waals surface area (Å²) in [5.74, 6) is -1.38. The summed E-state index contributed by atoms with van der Waals surface area (Å²) in [5, 5.41) is 14.2. The Morgan fingerprint density at radius 2 is 1.80 bits per heavy atom. The number of nitro benzene ring substituents is 1. The van der Waals surface area contributed by atoms with Crippen molar-refractivity contribution in [1.29, 1.82) is 0 Å². The van der Waals surface area contributed by atoms with Crippen molar-refractivity contribution >= 4 is 28.9 Å². The highest BCUT2D eigenvalue weighted by molar-refractivity contribution is 6.00. The summed E-state index contributed by atoms with van der Waals surface area (Å²) in [7, 11) is 1.44. The Kier molecular flexibility index (Phi) is 6.61. The molecule has 0 unspecified atom stereocenters. The quantitative estimate of drug-likeness (QED) is 0.577. The lowest BCUT2D eigenvalue weighted by Crippen LogP contribution is -2.35. The number of halogens is 1. The molecule has 1 heterocycles. The molecule has 2 aromatic rings. The molecule has 0 aromatic heterocycles. The summed E-state index contributed by atoms with van der Waals surface area (Å²) >= 11 is 0. The van der Waals surface area contributed by atoms with Crippen LogP contribution in [0.25, 0.3) is 0 Å². The minimum atomic E-state index is -0.502. The van der Waals surface area contributed by atoms with E-state index < -0.39 is 22.6 Å². The van der Waals surface area contributed by atoms with E-state index in [1.54, 1.807) is 12.1 Å². The lowest BCUT2D eigenvalue weighted by Gasteiger charge is -2.28. The largest absolute Gasteiger partial charge is 0.366 e. The average Bonchev–Trinajstić information content (AvgIpc) is 2.75. The number of anilines is 2. The lowest BCUT2D eigenvalue weighted by atomic mass is 10.1. The predicted molar refractivity (Wildman–Crippen MR) is 111 cm³/mol. The van der Waals surface area contributed by atoms with Crippen molar-refractivity contribution in [2.45, 2.75) is 19.3 Å². The Morgan fingerprint density at radius 1 is 1.13 bits per heavy atom. The molecule has 8 nitrogen and oxygen atoms in total. The first-order valence-corrected chi connectivity index (χ1v) is 9.69. The van der Waals surface area contributed by atoms with Crippen molar-refractivity contribution < 1.29 is 18.9 Å². The van der Waals surface area contributed by atoms with Crippen molar-refractivity contribution in [3.05, 3.63) is 64.0 Å². The van der Waals surface area contributed by atoms with Crippen molar-refractivity contribution in [3.8, 4) is 0 Å². The summed E-state index contributed by atoms with van der Waals surface area (Å²) in [5.41, 5.74) is 0.934. The first kappa shape index (κ1) is 21.2. The summed E-state index contributed by atoms with van der Waals surface area (Å²) < 4.78 is 12.9. The second kappa shape index (κ2) is 9.34. The van der Waals surface area contributed by atoms with Gasteiger partial charge in [0, 0.05) is 37.5 Å². The lowest BCUT2D eigenvalue weighted by molar-refractivity contribution is -0.384. The molecule has 158 valence electrons. The van der Waals surface area contributed by atoms with Crippen molar-refractivity contribution in [1.82, 2.24) is 4.90 Å². The SMILES string of the molecule is CN(CC(=O)Nc1ccc(F)cc1)C(=O)c1ccc(N2CCCCC2)c([N+](=O)[O-])c1. The van der Waals surface area contributed by atoms with Gasteiger partial charge in [-0.1, -0.05) is 0 Å². The van der Waals surface area contributed by atoms with Crippen LogP contribution in [0.1, 0.15) is 29.6 Å². The molecule has 0 aliphatic carbocycles. The van der Waals surface area contributed by atoms with Crippen molar-refractivity contribution in [2.75, 3.05) is 36.9 Å². The maximum absolute atomic E-state index is 12.9. The van der Waals surface area contributed by atoms with Gasteiger partial charge in [0.15, 0.2) is 0 Å². The molecule has 2 aromatic carbocycles. The van der Waals surface area contributed by atoms with Crippen LogP contribution in [0.3, 0.4) is 0 Å². The third-order valence-electron chi connectivity index (χ3n) is 4.97. The molecule has 0 bridgehead atoms. The van der Waals surface area contributed by atoms with Crippen LogP contribution in [0.15, 0.2) is 42.5 Å². The highest BCUT2D eigenvalue weighted by Gasteiger charge is 2.24. The first-order valence-electron chi connectivity index (χ1n) is 9.69. The Bertz CT molecular complexity index is 943. The van der Waals surface area contributed by atoms with Crippen LogP contribution >= 0.6 is 0 Å². The molecule has 0 radical (unpaired) electrons. The van der Waals surface area contributed by atoms with Gasteiger partial charge in [-0.25, -0.2) is 4.39 Å². The maximum Gasteiger partial charge on any atom is 0.293 e. The normalized spacial score (nSPS) is 13.6. The Morgan fingerprint density at radius 3 is 2.43 bits per heavy atom. The van der Waals surface area contributed by atoms with Gasteiger partial charge in [0.25, 0.3) is 11.6 Å². The van der Waals surface area contributed by atoms with Crippen molar-refractivity contribution in [3.63, 3.8) is 0 Å². The number of hydrogen-bond acceptors (Lipinski definition) is 5. The molecular weight excluding hydrogens is 391 g/mol. The van der Waals surface area contributed by atoms with Crippen LogP contribution in [-0.4, -0.2) is 48.3 Å². The minimum Gasteiger partial charge on any atom is -0.366 e. The van der Waals surface area contributed by atoms with E-state index in [0.717, 1.165) is 32.4 Å². The molecule has 9 heteroatoms. The van der Waals surface area contributed by atoms with E-state index >= 15 is 0 Å². The topological polar surface area (TPSA) is 95.8 Å². The molecule has 1 fully saturated rings. The number of likely N-dealkylation sites (N-methyl/N-ethyl adjacent to an activating group) is 1. The number of amides is 2. The zero-order chi connectivity index (χ0) is 21.7. The summed E-state index contributed by atoms with van der Waals surface area (Å²) in [6.45, 7) is 1.24. The minimum absolute atomic E-state index is 0.119. The first-order chi connectivity index (χ1) is 14.3. The number of nitrogens with zero attached hydrogens (tertiary/aromatic N) is 3. The van der Waals surface area contributed by atoms with Crippen LogP contribution in [0, 0.1) is 15.9 Å². The van der Waals surface area contributed by atoms with Crippen LogP contribution in [0.2, 0.25) is 0 Å². The van der Waals surface area contributed by atoms with Crippen molar-refractivity contribution in [2.24, 2.45) is 0 Å². The van der Waals surface area contributed by atoms with E-state index in [9.17, 15) is 24.1 Å². The number of hydrogen-bond donors (Lipinski definition) is 1. The van der Waals surface area contributed by atoms with E-state index in [-0.39, 0.29) is 17.8 Å². The Labute approximate surface area is 173 Å². The van der Waals surface area contributed by atoms with E-state index in [2.05, 4.69) is 5.32 Å². The fourth-order valence-corrected chi connectivity index (χ4v) is 3.45. The monoisotopic (exact) mass is 414 g/mol. The molecule has 0 spiro atoms. The van der Waals surface area contributed by atoms with Gasteiger partial charge >= 0.3 is 0 Å². The standard InChI is InChI=1S/C21H23FN4O4/c1-24(14-20(27)23-17-8-6-16(22)7-9-17)21(28)15-5-10-18(19(13-15)26(29)30)25-11-3-2-4-12-25/h5-10,13H,2-4,11-12,14H2,1H3,(H,23,27). The third-order valence-corrected chi connectivity index (χ3v) is 4.97. The van der Waals surface area contributed by atoms with Crippen LogP contribution in [0.5, 0.6) is 0 Å². The summed E-state index contributed by atoms with van der Waals surface area (Å²) in [4.78, 5) is 39.1. The molecule has 1 aliphatic heterocycles. The maximum atomic E-state index is 12.9. The number of rotatable bonds is 6. The molecule has 30 heavy (non-hydrogen) atoms. The molecule has 1 N–H and O–H groups in total. The molecule has 1 saturated heterocycles. The van der Waals surface area contributed by atoms with Gasteiger partial charge in [-0.2, -0.15) is 0 Å². The number of piperidine rings is 1. The van der Waals surface area contributed by atoms with E-state index in [1.165, 1.54) is 42.3 Å². The van der Waals surface area contributed by atoms with Crippen LogP contribution < -0.4 is 10.2 Å². The highest BCUT2D eigenvalue weighted by atomic mass is 19.1. The Balaban J connectivity index is 1.70. The number of nitro groups is 1. The fourth-order valence-electron chi connectivity index (χ4n) is 3.45. The molecule has 0 atom stereocenters. The van der Waals surface area contributed by atoms with Gasteiger partial charge in [-0.15, -0.1) is 0 Å². The van der Waals surface area contributed by atoms with E-state index in [0.29, 0.717) is 11.4 Å². The van der Waals surface area contributed by atoms with Gasteiger partial charge in [-0.05, 0) is 55.7 Å². The zero-order valence-electron chi connectivity index (χ0n) is 16.6. The molecule has 3 rings (SSSR count). The van der Waals surface area contributed by atoms with E-state index in [1.807, 2.05) is 4.90 Å². The van der Waals surface area contributed by atoms with Gasteiger partial charge in [0.05, 0.1) is 11.5 Å². The van der Waals surface area contributed by atoms with Gasteiger partial charge in [0.2, 0.25) is 5.91 Å². The smallest absolute Gasteiger partial charge is 0.293 e. The second-order valence-corrected chi connectivity index (χ2v) is 7.22. The number of nitrogens with one attached hydrogen (secondary N) is 1. The molecule has 1 aliphatic rings. The third kappa shape index (κ3) is 5.11. The predicted octanol–water partition coefficient (Wildman–Crippen LogP) is 3.43. The van der Waals surface area contributed by atoms with Gasteiger partial charge in [0.1, 0.15) is 11.5 Å². The zero-order valence-corrected chi connectivity index (χ0v) is 16.6. The summed E-state index contributed by atoms with van der Waals surface area (Å²) in [6, 6.07) is 9.67. The summed E-state index contributed by atoms with van der Waals surface area (Å²) in [6.07, 6.45) is 3.05. The number of carbonyl (C=O) groups excluding carboxylic acids is 2. The van der Waals surface area contributed by atoms with E-state index in [4.69, 9.17) is 0 Å². The molecule has 2 amide bonds. The van der Waals surface area contributed by atoms with Crippen LogP contribution in [-0.2, 0) is 4.79 Å². The number of benzene rings is 2. The molecular formula is C21H23FN4O4. The Hall–Kier alpha value is -3.49. The van der Waals surface area contributed by atoms with Gasteiger partial charge in [-0.3, -0.25) is 19.7 Å². The van der Waals surface area contributed by atoms with Gasteiger partial charge < -0.3 is 15.1 Å². The van der Waals surface area contributed by atoms with Crippen LogP contribution in [0.4, 0.5) is 21.5 Å². The fraction of sp³-hybridized carbons (Fsp3) is 0.333. The molecule has 0 saturated carbocycles.